The van der Waals surface area contributed by atoms with Gasteiger partial charge in [0.15, 0.2) is 0 Å². The van der Waals surface area contributed by atoms with Crippen LogP contribution in [0.5, 0.6) is 0 Å². The second-order valence-corrected chi connectivity index (χ2v) is 10.8. The molecular formula is C20H15Cl2N4O5S2+. The van der Waals surface area contributed by atoms with Crippen molar-refractivity contribution in [2.75, 3.05) is 17.7 Å². The molecular weight excluding hydrogens is 511 g/mol. The number of benzene rings is 2. The lowest BCUT2D eigenvalue weighted by Gasteiger charge is -2.08. The number of thiophene rings is 1. The average molecular weight is 526 g/mol. The van der Waals surface area contributed by atoms with Gasteiger partial charge in [0.25, 0.3) is 21.5 Å². The standard InChI is InChI=1S/C20H14Cl2N4O5S2/c1-23-10-2-5-13-15(9-10)26(29)18(19(13)27)12-4-3-11(8-14(12)21)24-20(28)25-33(30,31)17-7-6-16(22)32-17/h2-9,29H,1H3,(H2,23,25,27,28)/p+1. The molecule has 4 N–H and O–H groups in total. The molecule has 2 aromatic carbocycles. The number of nitrogens with zero attached hydrogens (tertiary/aromatic N) is 1. The number of sulfonamides is 1. The summed E-state index contributed by atoms with van der Waals surface area (Å²) < 4.78 is 27.3. The molecule has 13 heteroatoms. The van der Waals surface area contributed by atoms with Crippen molar-refractivity contribution in [3.63, 3.8) is 0 Å². The maximum atomic E-state index is 12.8. The molecule has 3 aromatic rings. The highest BCUT2D eigenvalue weighted by Gasteiger charge is 2.41. The number of halogens is 2. The second-order valence-electron chi connectivity index (χ2n) is 6.78. The molecule has 0 fully saturated rings. The van der Waals surface area contributed by atoms with Gasteiger partial charge >= 0.3 is 11.7 Å². The minimum Gasteiger partial charge on any atom is -0.388 e. The number of nitrogens with one attached hydrogen (secondary N) is 3. The molecule has 0 bridgehead atoms. The number of carbonyl (C=O) groups excluding carboxylic acids is 2. The topological polar surface area (TPSA) is 128 Å². The van der Waals surface area contributed by atoms with E-state index in [4.69, 9.17) is 23.2 Å². The molecule has 1 aromatic heterocycles. The minimum absolute atomic E-state index is 0.0450. The van der Waals surface area contributed by atoms with E-state index in [0.29, 0.717) is 16.9 Å². The highest BCUT2D eigenvalue weighted by Crippen LogP contribution is 2.33. The normalized spacial score (nSPS) is 13.1. The number of carbonyl (C=O) groups is 2. The summed E-state index contributed by atoms with van der Waals surface area (Å²) >= 11 is 12.9. The molecule has 0 spiro atoms. The fraction of sp³-hybridized carbons (Fsp3) is 0.0500. The Labute approximate surface area is 202 Å². The maximum absolute atomic E-state index is 12.8. The summed E-state index contributed by atoms with van der Waals surface area (Å²) in [6.45, 7) is 0. The van der Waals surface area contributed by atoms with E-state index in [1.54, 1.807) is 25.2 Å². The van der Waals surface area contributed by atoms with Gasteiger partial charge in [-0.25, -0.2) is 17.9 Å². The van der Waals surface area contributed by atoms with Crippen molar-refractivity contribution >= 4 is 79.2 Å². The number of hydrogen-bond donors (Lipinski definition) is 4. The number of urea groups is 1. The fourth-order valence-corrected chi connectivity index (χ4v) is 5.85. The molecule has 1 aliphatic rings. The van der Waals surface area contributed by atoms with Gasteiger partial charge in [0.05, 0.1) is 14.9 Å². The Morgan fingerprint density at radius 3 is 2.36 bits per heavy atom. The van der Waals surface area contributed by atoms with Crippen LogP contribution in [0.3, 0.4) is 0 Å². The first-order valence-corrected chi connectivity index (χ1v) is 12.3. The fourth-order valence-electron chi connectivity index (χ4n) is 3.19. The molecule has 0 saturated heterocycles. The van der Waals surface area contributed by atoms with Gasteiger partial charge in [-0.05, 0) is 42.5 Å². The predicted octanol–water partition coefficient (Wildman–Crippen LogP) is 4.33. The van der Waals surface area contributed by atoms with Gasteiger partial charge in [-0.15, -0.1) is 11.3 Å². The number of rotatable bonds is 5. The van der Waals surface area contributed by atoms with Gasteiger partial charge in [0.2, 0.25) is 0 Å². The Morgan fingerprint density at radius 2 is 1.73 bits per heavy atom. The largest absolute Gasteiger partial charge is 0.388 e. The van der Waals surface area contributed by atoms with Crippen LogP contribution in [0.4, 0.5) is 21.9 Å². The molecule has 0 unspecified atom stereocenters. The molecule has 2 heterocycles. The van der Waals surface area contributed by atoms with E-state index in [1.165, 1.54) is 30.3 Å². The van der Waals surface area contributed by atoms with Gasteiger partial charge in [-0.1, -0.05) is 23.2 Å². The van der Waals surface area contributed by atoms with E-state index in [2.05, 4.69) is 10.6 Å². The maximum Gasteiger partial charge on any atom is 0.333 e. The number of hydrogen-bond acceptors (Lipinski definition) is 7. The third-order valence-corrected chi connectivity index (χ3v) is 8.08. The molecule has 0 atom stereocenters. The SMILES string of the molecule is CNc1ccc2c(c1)[N+](O)=C(c1ccc(NC(=O)NS(=O)(=O)c3ccc(Cl)s3)cc1Cl)C2=O. The summed E-state index contributed by atoms with van der Waals surface area (Å²) in [5.74, 6) is -0.420. The molecule has 2 amide bonds. The van der Waals surface area contributed by atoms with E-state index < -0.39 is 21.8 Å². The first kappa shape index (κ1) is 23.1. The summed E-state index contributed by atoms with van der Waals surface area (Å²) in [5.41, 5.74) is 1.68. The third kappa shape index (κ3) is 4.40. The Morgan fingerprint density at radius 1 is 1.03 bits per heavy atom. The van der Waals surface area contributed by atoms with Gasteiger partial charge in [0.1, 0.15) is 9.77 Å². The summed E-state index contributed by atoms with van der Waals surface area (Å²) in [7, 11) is -2.38. The van der Waals surface area contributed by atoms with Crippen LogP contribution in [-0.4, -0.2) is 42.9 Å². The van der Waals surface area contributed by atoms with Crippen LogP contribution in [-0.2, 0) is 10.0 Å². The molecule has 1 aliphatic heterocycles. The Bertz CT molecular complexity index is 1450. The molecule has 33 heavy (non-hydrogen) atoms. The number of ketones is 1. The molecule has 4 rings (SSSR count). The number of Topliss-reactive ketones (excluding diaryl/α,β-unsaturated/α-hetero) is 1. The summed E-state index contributed by atoms with van der Waals surface area (Å²) in [6.07, 6.45) is 0. The van der Waals surface area contributed by atoms with Crippen molar-refractivity contribution in [1.29, 1.82) is 0 Å². The van der Waals surface area contributed by atoms with Gasteiger partial charge in [-0.2, -0.15) is 0 Å². The molecule has 0 aliphatic carbocycles. The van der Waals surface area contributed by atoms with Crippen molar-refractivity contribution in [2.45, 2.75) is 4.21 Å². The van der Waals surface area contributed by atoms with Crippen LogP contribution >= 0.6 is 34.5 Å². The second kappa shape index (κ2) is 8.67. The molecule has 0 radical (unpaired) electrons. The lowest BCUT2D eigenvalue weighted by molar-refractivity contribution is -0.709. The quantitative estimate of drug-likeness (QED) is 0.290. The van der Waals surface area contributed by atoms with Gasteiger partial charge in [-0.3, -0.25) is 10.0 Å². The zero-order valence-corrected chi connectivity index (χ0v) is 19.9. The monoisotopic (exact) mass is 525 g/mol. The van der Waals surface area contributed by atoms with E-state index in [1.807, 2.05) is 4.72 Å². The van der Waals surface area contributed by atoms with Crippen LogP contribution in [0, 0.1) is 0 Å². The van der Waals surface area contributed by atoms with Crippen LogP contribution in [0.2, 0.25) is 9.36 Å². The molecule has 0 saturated carbocycles. The van der Waals surface area contributed by atoms with Gasteiger partial charge < -0.3 is 10.6 Å². The van der Waals surface area contributed by atoms with E-state index in [9.17, 15) is 23.2 Å². The van der Waals surface area contributed by atoms with Crippen LogP contribution in [0.1, 0.15) is 15.9 Å². The lowest BCUT2D eigenvalue weighted by atomic mass is 10.0. The third-order valence-electron chi connectivity index (χ3n) is 4.71. The Kier molecular flexibility index (Phi) is 6.06. The summed E-state index contributed by atoms with van der Waals surface area (Å²) in [5, 5.41) is 16.0. The van der Waals surface area contributed by atoms with Crippen LogP contribution in [0.25, 0.3) is 0 Å². The van der Waals surface area contributed by atoms with Crippen molar-refractivity contribution in [3.8, 4) is 0 Å². The first-order valence-electron chi connectivity index (χ1n) is 9.22. The highest BCUT2D eigenvalue weighted by atomic mass is 35.5. The van der Waals surface area contributed by atoms with Crippen molar-refractivity contribution in [2.24, 2.45) is 0 Å². The number of fused-ring (bicyclic) bond motifs is 1. The lowest BCUT2D eigenvalue weighted by Crippen LogP contribution is -2.34. The van der Waals surface area contributed by atoms with Crippen molar-refractivity contribution in [3.05, 3.63) is 69.0 Å². The van der Waals surface area contributed by atoms with E-state index in [0.717, 1.165) is 16.1 Å². The first-order chi connectivity index (χ1) is 15.6. The average Bonchev–Trinajstić information content (AvgIpc) is 3.30. The van der Waals surface area contributed by atoms with E-state index >= 15 is 0 Å². The van der Waals surface area contributed by atoms with Crippen molar-refractivity contribution in [1.82, 2.24) is 4.72 Å². The summed E-state index contributed by atoms with van der Waals surface area (Å²) in [4.78, 5) is 25.0. The zero-order chi connectivity index (χ0) is 23.9. The van der Waals surface area contributed by atoms with Gasteiger partial charge in [0, 0.05) is 29.2 Å². The molecule has 170 valence electrons. The Hall–Kier alpha value is -3.12. The minimum atomic E-state index is -4.10. The van der Waals surface area contributed by atoms with Crippen LogP contribution < -0.4 is 15.4 Å². The van der Waals surface area contributed by atoms with Crippen LogP contribution in [0.15, 0.2) is 52.7 Å². The summed E-state index contributed by atoms with van der Waals surface area (Å²) in [6, 6.07) is 10.8. The number of anilines is 2. The van der Waals surface area contributed by atoms with Crippen molar-refractivity contribution < 1.29 is 28.0 Å². The molecule has 9 nitrogen and oxygen atoms in total. The number of amides is 2. The smallest absolute Gasteiger partial charge is 0.333 e. The highest BCUT2D eigenvalue weighted by molar-refractivity contribution is 7.92. The Balaban J connectivity index is 1.56. The zero-order valence-electron chi connectivity index (χ0n) is 16.7. The van der Waals surface area contributed by atoms with E-state index in [-0.39, 0.29) is 30.5 Å². The predicted molar refractivity (Wildman–Crippen MR) is 126 cm³/mol.